The zero-order valence-corrected chi connectivity index (χ0v) is 12.1. The third-order valence-electron chi connectivity index (χ3n) is 4.93. The first-order valence-electron chi connectivity index (χ1n) is 7.75. The second kappa shape index (κ2) is 5.47. The Hall–Kier alpha value is -1.51. The molecule has 0 bridgehead atoms. The van der Waals surface area contributed by atoms with Crippen molar-refractivity contribution in [3.63, 3.8) is 0 Å². The van der Waals surface area contributed by atoms with Crippen LogP contribution in [0, 0.1) is 5.92 Å². The molecule has 2 aliphatic rings. The van der Waals surface area contributed by atoms with Gasteiger partial charge in [-0.05, 0) is 36.8 Å². The monoisotopic (exact) mass is 273 g/mol. The molecule has 3 rings (SSSR count). The summed E-state index contributed by atoms with van der Waals surface area (Å²) in [6.45, 7) is 3.22. The number of para-hydroxylation sites is 1. The predicted molar refractivity (Wildman–Crippen MR) is 80.2 cm³/mol. The topological polar surface area (TPSA) is 40.5 Å². The molecule has 0 saturated heterocycles. The van der Waals surface area contributed by atoms with E-state index < -0.39 is 5.97 Å². The van der Waals surface area contributed by atoms with Crippen molar-refractivity contribution in [3.8, 4) is 0 Å². The maximum Gasteiger partial charge on any atom is 0.311 e. The summed E-state index contributed by atoms with van der Waals surface area (Å²) in [6, 6.07) is 8.68. The number of fused-ring (bicyclic) bond motifs is 1. The van der Waals surface area contributed by atoms with Crippen LogP contribution >= 0.6 is 0 Å². The molecule has 1 saturated carbocycles. The Kier molecular flexibility index (Phi) is 3.68. The molecule has 0 spiro atoms. The van der Waals surface area contributed by atoms with Crippen LogP contribution in [0.2, 0.25) is 0 Å². The Bertz CT molecular complexity index is 500. The Balaban J connectivity index is 1.90. The van der Waals surface area contributed by atoms with Crippen molar-refractivity contribution < 1.29 is 9.90 Å². The fourth-order valence-electron chi connectivity index (χ4n) is 3.91. The van der Waals surface area contributed by atoms with E-state index in [1.54, 1.807) is 0 Å². The van der Waals surface area contributed by atoms with E-state index >= 15 is 0 Å². The van der Waals surface area contributed by atoms with Crippen molar-refractivity contribution in [1.29, 1.82) is 0 Å². The fourth-order valence-corrected chi connectivity index (χ4v) is 3.91. The lowest BCUT2D eigenvalue weighted by Crippen LogP contribution is -2.43. The molecule has 20 heavy (non-hydrogen) atoms. The lowest BCUT2D eigenvalue weighted by Gasteiger charge is -2.42. The van der Waals surface area contributed by atoms with Crippen molar-refractivity contribution in [2.75, 3.05) is 11.4 Å². The SMILES string of the molecule is CC1CCCC(N2CCC(C(=O)O)c3ccccc32)C1. The first-order valence-corrected chi connectivity index (χ1v) is 7.75. The van der Waals surface area contributed by atoms with Crippen molar-refractivity contribution in [2.24, 2.45) is 5.92 Å². The van der Waals surface area contributed by atoms with Gasteiger partial charge in [0.05, 0.1) is 5.92 Å². The smallest absolute Gasteiger partial charge is 0.311 e. The van der Waals surface area contributed by atoms with Crippen LogP contribution < -0.4 is 4.90 Å². The summed E-state index contributed by atoms with van der Waals surface area (Å²) in [5.41, 5.74) is 2.16. The summed E-state index contributed by atoms with van der Waals surface area (Å²) in [7, 11) is 0. The van der Waals surface area contributed by atoms with Crippen LogP contribution in [0.5, 0.6) is 0 Å². The highest BCUT2D eigenvalue weighted by molar-refractivity contribution is 5.80. The van der Waals surface area contributed by atoms with Crippen LogP contribution in [0.1, 0.15) is 50.5 Å². The number of carboxylic acid groups (broad SMARTS) is 1. The summed E-state index contributed by atoms with van der Waals surface area (Å²) < 4.78 is 0. The summed E-state index contributed by atoms with van der Waals surface area (Å²) in [5, 5.41) is 9.41. The minimum atomic E-state index is -0.686. The number of anilines is 1. The van der Waals surface area contributed by atoms with Crippen molar-refractivity contribution in [3.05, 3.63) is 29.8 Å². The second-order valence-electron chi connectivity index (χ2n) is 6.36. The lowest BCUT2D eigenvalue weighted by atomic mass is 9.83. The average molecular weight is 273 g/mol. The number of aliphatic carboxylic acids is 1. The van der Waals surface area contributed by atoms with Crippen LogP contribution in [0.25, 0.3) is 0 Å². The van der Waals surface area contributed by atoms with Crippen LogP contribution in [0.3, 0.4) is 0 Å². The highest BCUT2D eigenvalue weighted by Gasteiger charge is 2.33. The minimum absolute atomic E-state index is 0.330. The molecular formula is C17H23NO2. The van der Waals surface area contributed by atoms with E-state index in [-0.39, 0.29) is 5.92 Å². The average Bonchev–Trinajstić information content (AvgIpc) is 2.46. The Labute approximate surface area is 120 Å². The molecule has 3 heteroatoms. The van der Waals surface area contributed by atoms with E-state index in [1.165, 1.54) is 25.7 Å². The number of benzene rings is 1. The Morgan fingerprint density at radius 3 is 2.80 bits per heavy atom. The number of rotatable bonds is 2. The van der Waals surface area contributed by atoms with Crippen LogP contribution in [-0.4, -0.2) is 23.7 Å². The van der Waals surface area contributed by atoms with Gasteiger partial charge in [-0.15, -0.1) is 0 Å². The molecule has 0 aromatic heterocycles. The van der Waals surface area contributed by atoms with Gasteiger partial charge in [0.2, 0.25) is 0 Å². The summed E-state index contributed by atoms with van der Waals surface area (Å²) in [5.74, 6) is -0.226. The van der Waals surface area contributed by atoms with Crippen molar-refractivity contribution >= 4 is 11.7 Å². The second-order valence-corrected chi connectivity index (χ2v) is 6.36. The highest BCUT2D eigenvalue weighted by atomic mass is 16.4. The quantitative estimate of drug-likeness (QED) is 0.894. The molecule has 1 aliphatic heterocycles. The molecule has 0 radical (unpaired) electrons. The van der Waals surface area contributed by atoms with Gasteiger partial charge in [0.25, 0.3) is 0 Å². The molecule has 1 aromatic rings. The van der Waals surface area contributed by atoms with Gasteiger partial charge in [-0.2, -0.15) is 0 Å². The maximum absolute atomic E-state index is 11.4. The number of hydrogen-bond donors (Lipinski definition) is 1. The summed E-state index contributed by atoms with van der Waals surface area (Å²) >= 11 is 0. The summed E-state index contributed by atoms with van der Waals surface area (Å²) in [4.78, 5) is 13.9. The van der Waals surface area contributed by atoms with Gasteiger partial charge in [-0.3, -0.25) is 4.79 Å². The van der Waals surface area contributed by atoms with Gasteiger partial charge in [-0.25, -0.2) is 0 Å². The molecule has 1 aliphatic carbocycles. The van der Waals surface area contributed by atoms with E-state index in [1.807, 2.05) is 18.2 Å². The molecule has 3 unspecified atom stereocenters. The molecule has 1 N–H and O–H groups in total. The summed E-state index contributed by atoms with van der Waals surface area (Å²) in [6.07, 6.45) is 5.86. The molecule has 1 fully saturated rings. The fraction of sp³-hybridized carbons (Fsp3) is 0.588. The lowest BCUT2D eigenvalue weighted by molar-refractivity contribution is -0.139. The molecule has 1 aromatic carbocycles. The van der Waals surface area contributed by atoms with Gasteiger partial charge in [-0.1, -0.05) is 38.0 Å². The maximum atomic E-state index is 11.4. The third kappa shape index (κ3) is 2.41. The number of carbonyl (C=O) groups is 1. The van der Waals surface area contributed by atoms with E-state index in [2.05, 4.69) is 17.9 Å². The van der Waals surface area contributed by atoms with E-state index in [0.717, 1.165) is 30.1 Å². The molecule has 3 nitrogen and oxygen atoms in total. The Morgan fingerprint density at radius 1 is 1.25 bits per heavy atom. The highest BCUT2D eigenvalue weighted by Crippen LogP contribution is 2.39. The molecule has 1 heterocycles. The largest absolute Gasteiger partial charge is 0.481 e. The first kappa shape index (κ1) is 13.5. The van der Waals surface area contributed by atoms with Crippen LogP contribution in [0.15, 0.2) is 24.3 Å². The molecular weight excluding hydrogens is 250 g/mol. The van der Waals surface area contributed by atoms with Crippen LogP contribution in [-0.2, 0) is 4.79 Å². The standard InChI is InChI=1S/C17H23NO2/c1-12-5-4-6-13(11-12)18-10-9-15(17(19)20)14-7-2-3-8-16(14)18/h2-3,7-8,12-13,15H,4-6,9-11H2,1H3,(H,19,20). The Morgan fingerprint density at radius 2 is 2.05 bits per heavy atom. The van der Waals surface area contributed by atoms with E-state index in [9.17, 15) is 9.90 Å². The number of carboxylic acids is 1. The van der Waals surface area contributed by atoms with Gasteiger partial charge in [0.15, 0.2) is 0 Å². The van der Waals surface area contributed by atoms with Gasteiger partial charge in [0, 0.05) is 18.3 Å². The van der Waals surface area contributed by atoms with Gasteiger partial charge < -0.3 is 10.0 Å². The van der Waals surface area contributed by atoms with Crippen molar-refractivity contribution in [1.82, 2.24) is 0 Å². The first-order chi connectivity index (χ1) is 9.66. The minimum Gasteiger partial charge on any atom is -0.481 e. The van der Waals surface area contributed by atoms with Crippen molar-refractivity contribution in [2.45, 2.75) is 51.0 Å². The third-order valence-corrected chi connectivity index (χ3v) is 4.93. The normalized spacial score (nSPS) is 29.9. The zero-order chi connectivity index (χ0) is 14.1. The zero-order valence-electron chi connectivity index (χ0n) is 12.1. The molecule has 3 atom stereocenters. The molecule has 0 amide bonds. The number of hydrogen-bond acceptors (Lipinski definition) is 2. The van der Waals surface area contributed by atoms with Gasteiger partial charge >= 0.3 is 5.97 Å². The number of nitrogens with zero attached hydrogens (tertiary/aromatic N) is 1. The predicted octanol–water partition coefficient (Wildman–Crippen LogP) is 3.64. The van der Waals surface area contributed by atoms with Crippen LogP contribution in [0.4, 0.5) is 5.69 Å². The van der Waals surface area contributed by atoms with E-state index in [4.69, 9.17) is 0 Å². The van der Waals surface area contributed by atoms with E-state index in [0.29, 0.717) is 6.04 Å². The molecule has 108 valence electrons. The van der Waals surface area contributed by atoms with Gasteiger partial charge in [0.1, 0.15) is 0 Å².